The van der Waals surface area contributed by atoms with Crippen LogP contribution in [0.25, 0.3) is 0 Å². The van der Waals surface area contributed by atoms with Gasteiger partial charge in [0.15, 0.2) is 11.9 Å². The van der Waals surface area contributed by atoms with Crippen LogP contribution < -0.4 is 15.4 Å². The number of carbonyl (C=O) groups is 2. The van der Waals surface area contributed by atoms with Crippen LogP contribution in [-0.4, -0.2) is 62.6 Å². The van der Waals surface area contributed by atoms with E-state index in [4.69, 9.17) is 9.47 Å². The molecule has 0 spiro atoms. The summed E-state index contributed by atoms with van der Waals surface area (Å²) in [6.07, 6.45) is 3.93. The number of anilines is 1. The molecule has 0 saturated heterocycles. The number of nitrogens with zero attached hydrogens (tertiary/aromatic N) is 1. The summed E-state index contributed by atoms with van der Waals surface area (Å²) >= 11 is 0. The van der Waals surface area contributed by atoms with E-state index in [2.05, 4.69) is 39.8 Å². The van der Waals surface area contributed by atoms with Crippen LogP contribution in [0.1, 0.15) is 40.7 Å². The molecule has 2 aliphatic rings. The summed E-state index contributed by atoms with van der Waals surface area (Å²) in [6, 6.07) is 13.9. The van der Waals surface area contributed by atoms with Gasteiger partial charge in [0, 0.05) is 58.7 Å². The maximum atomic E-state index is 12.7. The number of nitrogens with one attached hydrogen (secondary N) is 2. The lowest BCUT2D eigenvalue weighted by Gasteiger charge is -2.42. The largest absolute Gasteiger partial charge is 0.477 e. The third-order valence-corrected chi connectivity index (χ3v) is 6.67. The van der Waals surface area contributed by atoms with E-state index in [1.54, 1.807) is 32.4 Å². The number of methoxy groups -OCH3 is 1. The number of carbonyl (C=O) groups excluding carboxylic acids is 2. The van der Waals surface area contributed by atoms with E-state index >= 15 is 0 Å². The molecule has 0 radical (unpaired) electrons. The van der Waals surface area contributed by atoms with Crippen LogP contribution in [0.15, 0.2) is 42.5 Å². The third kappa shape index (κ3) is 5.37. The molecule has 2 aromatic rings. The number of benzene rings is 2. The molecule has 7 nitrogen and oxygen atoms in total. The third-order valence-electron chi connectivity index (χ3n) is 6.67. The molecule has 0 unspecified atom stereocenters. The normalized spacial score (nSPS) is 22.1. The number of aldehydes is 1. The van der Waals surface area contributed by atoms with E-state index in [0.29, 0.717) is 36.4 Å². The van der Waals surface area contributed by atoms with Crippen LogP contribution in [0.2, 0.25) is 0 Å². The molecule has 1 heterocycles. The lowest BCUT2D eigenvalue weighted by atomic mass is 9.78. The number of amides is 1. The van der Waals surface area contributed by atoms with E-state index in [0.717, 1.165) is 38.8 Å². The van der Waals surface area contributed by atoms with Crippen molar-refractivity contribution >= 4 is 17.9 Å². The average molecular weight is 452 g/mol. The predicted octanol–water partition coefficient (Wildman–Crippen LogP) is 3.03. The van der Waals surface area contributed by atoms with Crippen LogP contribution in [0.3, 0.4) is 0 Å². The summed E-state index contributed by atoms with van der Waals surface area (Å²) in [5.74, 6) is 0.441. The van der Waals surface area contributed by atoms with Gasteiger partial charge in [-0.1, -0.05) is 24.3 Å². The van der Waals surface area contributed by atoms with Gasteiger partial charge in [-0.05, 0) is 42.2 Å². The zero-order valence-corrected chi connectivity index (χ0v) is 19.4. The Morgan fingerprint density at radius 2 is 2.00 bits per heavy atom. The van der Waals surface area contributed by atoms with E-state index in [9.17, 15) is 9.59 Å². The van der Waals surface area contributed by atoms with E-state index in [1.165, 1.54) is 11.1 Å². The standard InChI is InChI=1S/C26H33N3O4/c1-27-23-14-20(8-9-24(23)33-26(18-30)15-22(16-26)32-2)25(31)28-11-5-12-29-13-10-19-6-3-4-7-21(19)17-29/h3-4,6-9,14,18,22,27H,5,10-13,15-17H2,1-2H3,(H,28,31). The average Bonchev–Trinajstić information content (AvgIpc) is 2.83. The van der Waals surface area contributed by atoms with Crippen LogP contribution in [-0.2, 0) is 22.5 Å². The Morgan fingerprint density at radius 1 is 1.21 bits per heavy atom. The number of hydrogen-bond donors (Lipinski definition) is 2. The number of fused-ring (bicyclic) bond motifs is 1. The smallest absolute Gasteiger partial charge is 0.251 e. The second-order valence-electron chi connectivity index (χ2n) is 8.92. The van der Waals surface area contributed by atoms with Gasteiger partial charge < -0.3 is 20.1 Å². The summed E-state index contributed by atoms with van der Waals surface area (Å²) in [5, 5.41) is 6.09. The van der Waals surface area contributed by atoms with Gasteiger partial charge >= 0.3 is 0 Å². The highest BCUT2D eigenvalue weighted by molar-refractivity contribution is 5.95. The van der Waals surface area contributed by atoms with Crippen molar-refractivity contribution in [3.8, 4) is 5.75 Å². The molecule has 0 atom stereocenters. The van der Waals surface area contributed by atoms with Crippen LogP contribution in [0.5, 0.6) is 5.75 Å². The zero-order chi connectivity index (χ0) is 23.3. The van der Waals surface area contributed by atoms with E-state index < -0.39 is 5.60 Å². The molecule has 176 valence electrons. The van der Waals surface area contributed by atoms with Gasteiger partial charge in [0.25, 0.3) is 5.91 Å². The molecule has 1 fully saturated rings. The Labute approximate surface area is 195 Å². The van der Waals surface area contributed by atoms with Crippen molar-refractivity contribution in [1.29, 1.82) is 0 Å². The predicted molar refractivity (Wildman–Crippen MR) is 128 cm³/mol. The second kappa shape index (κ2) is 10.4. The minimum Gasteiger partial charge on any atom is -0.477 e. The van der Waals surface area contributed by atoms with Gasteiger partial charge in [0.1, 0.15) is 5.75 Å². The SMILES string of the molecule is CNc1cc(C(=O)NCCCN2CCc3ccccc3C2)ccc1OC1(C=O)CC(OC)C1. The first-order valence-corrected chi connectivity index (χ1v) is 11.6. The highest BCUT2D eigenvalue weighted by Crippen LogP contribution is 2.39. The van der Waals surface area contributed by atoms with Crippen molar-refractivity contribution in [2.75, 3.05) is 39.1 Å². The Kier molecular flexibility index (Phi) is 7.30. The first-order valence-electron chi connectivity index (χ1n) is 11.6. The summed E-state index contributed by atoms with van der Waals surface area (Å²) < 4.78 is 11.3. The minimum atomic E-state index is -0.856. The molecule has 2 aromatic carbocycles. The molecular weight excluding hydrogens is 418 g/mol. The quantitative estimate of drug-likeness (QED) is 0.427. The van der Waals surface area contributed by atoms with Crippen molar-refractivity contribution < 1.29 is 19.1 Å². The van der Waals surface area contributed by atoms with Gasteiger partial charge in [0.05, 0.1) is 11.8 Å². The number of rotatable bonds is 10. The molecule has 1 aliphatic heterocycles. The highest BCUT2D eigenvalue weighted by Gasteiger charge is 2.47. The van der Waals surface area contributed by atoms with Gasteiger partial charge in [-0.25, -0.2) is 0 Å². The maximum absolute atomic E-state index is 12.7. The first-order chi connectivity index (χ1) is 16.1. The number of hydrogen-bond acceptors (Lipinski definition) is 6. The zero-order valence-electron chi connectivity index (χ0n) is 19.4. The Hall–Kier alpha value is -2.90. The molecule has 0 bridgehead atoms. The van der Waals surface area contributed by atoms with Crippen molar-refractivity contribution in [3.63, 3.8) is 0 Å². The fourth-order valence-electron chi connectivity index (χ4n) is 4.61. The van der Waals surface area contributed by atoms with Gasteiger partial charge in [-0.3, -0.25) is 14.5 Å². The lowest BCUT2D eigenvalue weighted by molar-refractivity contribution is -0.144. The van der Waals surface area contributed by atoms with Gasteiger partial charge in [-0.2, -0.15) is 0 Å². The molecule has 1 aliphatic carbocycles. The summed E-state index contributed by atoms with van der Waals surface area (Å²) in [6.45, 7) is 3.62. The monoisotopic (exact) mass is 451 g/mol. The Balaban J connectivity index is 1.27. The lowest BCUT2D eigenvalue weighted by Crippen LogP contribution is -2.53. The first kappa shape index (κ1) is 23.3. The summed E-state index contributed by atoms with van der Waals surface area (Å²) in [5.41, 5.74) is 3.24. The Bertz CT molecular complexity index is 987. The van der Waals surface area contributed by atoms with Crippen molar-refractivity contribution in [3.05, 3.63) is 59.2 Å². The van der Waals surface area contributed by atoms with Crippen molar-refractivity contribution in [2.24, 2.45) is 0 Å². The fraction of sp³-hybridized carbons (Fsp3) is 0.462. The summed E-state index contributed by atoms with van der Waals surface area (Å²) in [4.78, 5) is 26.7. The van der Waals surface area contributed by atoms with Crippen molar-refractivity contribution in [2.45, 2.75) is 43.9 Å². The molecule has 0 aromatic heterocycles. The molecule has 4 rings (SSSR count). The fourth-order valence-corrected chi connectivity index (χ4v) is 4.61. The van der Waals surface area contributed by atoms with Crippen LogP contribution in [0.4, 0.5) is 5.69 Å². The minimum absolute atomic E-state index is 0.0398. The topological polar surface area (TPSA) is 79.9 Å². The molecule has 1 amide bonds. The van der Waals surface area contributed by atoms with E-state index in [1.807, 2.05) is 0 Å². The molecular formula is C26H33N3O4. The van der Waals surface area contributed by atoms with Gasteiger partial charge in [-0.15, -0.1) is 0 Å². The van der Waals surface area contributed by atoms with Crippen LogP contribution in [0, 0.1) is 0 Å². The number of ether oxygens (including phenoxy) is 2. The molecule has 2 N–H and O–H groups in total. The summed E-state index contributed by atoms with van der Waals surface area (Å²) in [7, 11) is 3.41. The van der Waals surface area contributed by atoms with Crippen LogP contribution >= 0.6 is 0 Å². The highest BCUT2D eigenvalue weighted by atomic mass is 16.5. The second-order valence-corrected chi connectivity index (χ2v) is 8.92. The molecule has 1 saturated carbocycles. The van der Waals surface area contributed by atoms with Crippen molar-refractivity contribution in [1.82, 2.24) is 10.2 Å². The molecule has 7 heteroatoms. The van der Waals surface area contributed by atoms with E-state index in [-0.39, 0.29) is 12.0 Å². The Morgan fingerprint density at radius 3 is 2.73 bits per heavy atom. The maximum Gasteiger partial charge on any atom is 0.251 e. The van der Waals surface area contributed by atoms with Gasteiger partial charge in [0.2, 0.25) is 0 Å². The molecule has 33 heavy (non-hydrogen) atoms.